The maximum atomic E-state index is 5.53. The smallest absolute Gasteiger partial charge is 0.146 e. The first-order valence-corrected chi connectivity index (χ1v) is 12.5. The van der Waals surface area contributed by atoms with Crippen LogP contribution in [0.15, 0.2) is 18.7 Å². The van der Waals surface area contributed by atoms with E-state index in [9.17, 15) is 0 Å². The van der Waals surface area contributed by atoms with Gasteiger partial charge in [0.15, 0.2) is 0 Å². The van der Waals surface area contributed by atoms with E-state index in [1.54, 1.807) is 4.88 Å². The van der Waals surface area contributed by atoms with E-state index in [4.69, 9.17) is 14.7 Å². The number of aromatic nitrogens is 4. The van der Waals surface area contributed by atoms with E-state index >= 15 is 0 Å². The minimum Gasteiger partial charge on any atom is -0.379 e. The van der Waals surface area contributed by atoms with Gasteiger partial charge in [-0.3, -0.25) is 4.90 Å². The molecule has 1 atom stereocenters. The third kappa shape index (κ3) is 3.85. The van der Waals surface area contributed by atoms with Gasteiger partial charge in [0.05, 0.1) is 37.5 Å². The summed E-state index contributed by atoms with van der Waals surface area (Å²) in [4.78, 5) is 22.3. The molecule has 31 heavy (non-hydrogen) atoms. The monoisotopic (exact) mass is 438 g/mol. The van der Waals surface area contributed by atoms with Gasteiger partial charge in [-0.25, -0.2) is 15.0 Å². The summed E-state index contributed by atoms with van der Waals surface area (Å²) in [6.45, 7) is 6.41. The second-order valence-electron chi connectivity index (χ2n) is 8.99. The Morgan fingerprint density at radius 2 is 1.97 bits per heavy atom. The number of imidazole rings is 1. The number of fused-ring (bicyclic) bond motifs is 3. The fourth-order valence-electron chi connectivity index (χ4n) is 5.32. The van der Waals surface area contributed by atoms with Crippen molar-refractivity contribution in [2.24, 2.45) is 0 Å². The number of aryl methyl sites for hydroxylation is 2. The zero-order chi connectivity index (χ0) is 20.6. The molecule has 5 heterocycles. The topological polar surface area (TPSA) is 59.3 Å². The summed E-state index contributed by atoms with van der Waals surface area (Å²) in [5.74, 6) is 2.14. The molecule has 3 aliphatic rings. The van der Waals surface area contributed by atoms with Crippen LogP contribution in [0.5, 0.6) is 0 Å². The predicted molar refractivity (Wildman–Crippen MR) is 123 cm³/mol. The summed E-state index contributed by atoms with van der Waals surface area (Å²) in [5, 5.41) is 1.34. The lowest BCUT2D eigenvalue weighted by atomic mass is 9.96. The van der Waals surface area contributed by atoms with Crippen LogP contribution in [0.4, 0.5) is 5.82 Å². The highest BCUT2D eigenvalue weighted by Crippen LogP contribution is 2.41. The lowest BCUT2D eigenvalue weighted by molar-refractivity contribution is 0.0331. The lowest BCUT2D eigenvalue weighted by Gasteiger charge is -2.35. The molecular weight excluding hydrogens is 408 g/mol. The Balaban J connectivity index is 1.39. The summed E-state index contributed by atoms with van der Waals surface area (Å²) in [5.41, 5.74) is 1.53. The van der Waals surface area contributed by atoms with E-state index in [1.807, 2.05) is 23.9 Å². The summed E-state index contributed by atoms with van der Waals surface area (Å²) in [7, 11) is 0. The third-order valence-corrected chi connectivity index (χ3v) is 8.14. The molecule has 0 spiro atoms. The number of ether oxygens (including phenoxy) is 1. The minimum atomic E-state index is 0.457. The molecule has 2 aliphatic heterocycles. The quantitative estimate of drug-likeness (QED) is 0.622. The third-order valence-electron chi connectivity index (χ3n) is 6.95. The van der Waals surface area contributed by atoms with Crippen LogP contribution < -0.4 is 4.90 Å². The van der Waals surface area contributed by atoms with E-state index in [1.165, 1.54) is 60.1 Å². The SMILES string of the molecule is c1cn([C@@H]2CCCN(c3nc(CN4CCOCC4)nc4sc5c(c34)CCCC5)C2)cn1. The van der Waals surface area contributed by atoms with Gasteiger partial charge >= 0.3 is 0 Å². The molecule has 0 saturated carbocycles. The van der Waals surface area contributed by atoms with Gasteiger partial charge < -0.3 is 14.2 Å². The van der Waals surface area contributed by atoms with Crippen molar-refractivity contribution in [3.63, 3.8) is 0 Å². The number of morpholine rings is 1. The Morgan fingerprint density at radius 3 is 2.84 bits per heavy atom. The van der Waals surface area contributed by atoms with Gasteiger partial charge in [0, 0.05) is 43.4 Å². The Bertz CT molecular complexity index is 1040. The number of rotatable bonds is 4. The molecule has 1 aliphatic carbocycles. The van der Waals surface area contributed by atoms with Crippen LogP contribution in [-0.2, 0) is 24.1 Å². The largest absolute Gasteiger partial charge is 0.379 e. The molecule has 0 amide bonds. The average Bonchev–Trinajstić information content (AvgIpc) is 3.47. The molecule has 2 saturated heterocycles. The van der Waals surface area contributed by atoms with E-state index in [0.717, 1.165) is 51.8 Å². The molecule has 164 valence electrons. The van der Waals surface area contributed by atoms with Gasteiger partial charge in [0.1, 0.15) is 16.5 Å². The van der Waals surface area contributed by atoms with Crippen molar-refractivity contribution in [2.45, 2.75) is 51.1 Å². The van der Waals surface area contributed by atoms with E-state index in [-0.39, 0.29) is 0 Å². The molecule has 0 unspecified atom stereocenters. The molecule has 0 N–H and O–H groups in total. The summed E-state index contributed by atoms with van der Waals surface area (Å²) >= 11 is 1.92. The molecular formula is C23H30N6OS. The van der Waals surface area contributed by atoms with Crippen LogP contribution in [0.3, 0.4) is 0 Å². The number of hydrogen-bond acceptors (Lipinski definition) is 7. The van der Waals surface area contributed by atoms with Crippen molar-refractivity contribution in [3.05, 3.63) is 35.0 Å². The number of nitrogens with zero attached hydrogens (tertiary/aromatic N) is 6. The minimum absolute atomic E-state index is 0.457. The maximum absolute atomic E-state index is 5.53. The molecule has 7 nitrogen and oxygen atoms in total. The molecule has 2 fully saturated rings. The van der Waals surface area contributed by atoms with Crippen molar-refractivity contribution < 1.29 is 4.74 Å². The predicted octanol–water partition coefficient (Wildman–Crippen LogP) is 3.44. The fourth-order valence-corrected chi connectivity index (χ4v) is 6.59. The number of thiophene rings is 1. The number of piperidine rings is 1. The fraction of sp³-hybridized carbons (Fsp3) is 0.609. The van der Waals surface area contributed by atoms with Gasteiger partial charge in [-0.2, -0.15) is 0 Å². The Kier molecular flexibility index (Phi) is 5.37. The van der Waals surface area contributed by atoms with Crippen molar-refractivity contribution in [2.75, 3.05) is 44.3 Å². The summed E-state index contributed by atoms with van der Waals surface area (Å²) in [6.07, 6.45) is 13.3. The van der Waals surface area contributed by atoms with Crippen molar-refractivity contribution >= 4 is 27.4 Å². The lowest BCUT2D eigenvalue weighted by Crippen LogP contribution is -2.38. The Morgan fingerprint density at radius 1 is 1.06 bits per heavy atom. The first-order valence-electron chi connectivity index (χ1n) is 11.7. The zero-order valence-corrected chi connectivity index (χ0v) is 18.8. The zero-order valence-electron chi connectivity index (χ0n) is 18.0. The summed E-state index contributed by atoms with van der Waals surface area (Å²) in [6, 6.07) is 0.457. The second kappa shape index (κ2) is 8.48. The number of hydrogen-bond donors (Lipinski definition) is 0. The molecule has 0 bridgehead atoms. The van der Waals surface area contributed by atoms with E-state index < -0.39 is 0 Å². The van der Waals surface area contributed by atoms with Crippen LogP contribution >= 0.6 is 11.3 Å². The Labute approximate surface area is 187 Å². The van der Waals surface area contributed by atoms with Gasteiger partial charge in [-0.1, -0.05) is 0 Å². The van der Waals surface area contributed by atoms with Crippen LogP contribution in [0.1, 0.15) is 48.0 Å². The standard InChI is InChI=1S/C23H30N6OS/c1-2-6-19-18(5-1)21-22(28-8-3-4-17(14-28)29-9-7-24-16-29)25-20(26-23(21)31-19)15-27-10-12-30-13-11-27/h7,9,16-17H,1-6,8,10-15H2/t17-/m1/s1. The highest BCUT2D eigenvalue weighted by molar-refractivity contribution is 7.19. The van der Waals surface area contributed by atoms with Gasteiger partial charge in [0.25, 0.3) is 0 Å². The molecule has 0 radical (unpaired) electrons. The Hall–Kier alpha value is -2.03. The molecule has 6 rings (SSSR count). The van der Waals surface area contributed by atoms with Crippen molar-refractivity contribution in [1.82, 2.24) is 24.4 Å². The van der Waals surface area contributed by atoms with Crippen molar-refractivity contribution in [1.29, 1.82) is 0 Å². The highest BCUT2D eigenvalue weighted by atomic mass is 32.1. The maximum Gasteiger partial charge on any atom is 0.146 e. The van der Waals surface area contributed by atoms with E-state index in [0.29, 0.717) is 6.04 Å². The van der Waals surface area contributed by atoms with E-state index in [2.05, 4.69) is 25.5 Å². The van der Waals surface area contributed by atoms with Gasteiger partial charge in [-0.15, -0.1) is 11.3 Å². The first-order chi connectivity index (χ1) is 15.3. The van der Waals surface area contributed by atoms with Crippen LogP contribution in [-0.4, -0.2) is 63.8 Å². The van der Waals surface area contributed by atoms with Crippen LogP contribution in [0, 0.1) is 0 Å². The molecule has 3 aromatic rings. The second-order valence-corrected chi connectivity index (χ2v) is 10.1. The first kappa shape index (κ1) is 19.6. The van der Waals surface area contributed by atoms with Crippen LogP contribution in [0.25, 0.3) is 10.2 Å². The summed E-state index contributed by atoms with van der Waals surface area (Å²) < 4.78 is 7.80. The average molecular weight is 439 g/mol. The normalized spacial score (nSPS) is 22.7. The number of anilines is 1. The highest BCUT2D eigenvalue weighted by Gasteiger charge is 2.28. The van der Waals surface area contributed by atoms with Crippen LogP contribution in [0.2, 0.25) is 0 Å². The molecule has 0 aromatic carbocycles. The van der Waals surface area contributed by atoms with Crippen molar-refractivity contribution in [3.8, 4) is 0 Å². The van der Waals surface area contributed by atoms with Gasteiger partial charge in [0.2, 0.25) is 0 Å². The molecule has 8 heteroatoms. The van der Waals surface area contributed by atoms with Gasteiger partial charge in [-0.05, 0) is 44.1 Å². The molecule has 3 aromatic heterocycles.